The zero-order valence-corrected chi connectivity index (χ0v) is 13.8. The van der Waals surface area contributed by atoms with Crippen LogP contribution in [0.1, 0.15) is 27.2 Å². The van der Waals surface area contributed by atoms with Crippen molar-refractivity contribution < 1.29 is 9.53 Å². The van der Waals surface area contributed by atoms with Gasteiger partial charge in [-0.15, -0.1) is 0 Å². The standard InChI is InChI=1S/C20H19N3O2/c24-20(19-11-21-14-23(19)18-4-2-1-3-5-18)22-9-8-15-6-7-16-12-25-13-17(16)10-15/h1-7,10-11,14H,8-9,12-13H2,(H,22,24). The van der Waals surface area contributed by atoms with Crippen LogP contribution in [0.3, 0.4) is 0 Å². The highest BCUT2D eigenvalue weighted by molar-refractivity contribution is 5.93. The average Bonchev–Trinajstić information content (AvgIpc) is 3.31. The minimum atomic E-state index is -0.120. The number of imidazole rings is 1. The Morgan fingerprint density at radius 3 is 2.84 bits per heavy atom. The first-order valence-corrected chi connectivity index (χ1v) is 8.35. The summed E-state index contributed by atoms with van der Waals surface area (Å²) in [6, 6.07) is 16.1. The van der Waals surface area contributed by atoms with Crippen molar-refractivity contribution in [3.8, 4) is 5.69 Å². The largest absolute Gasteiger partial charge is 0.372 e. The summed E-state index contributed by atoms with van der Waals surface area (Å²) < 4.78 is 7.23. The highest BCUT2D eigenvalue weighted by atomic mass is 16.5. The molecule has 1 aromatic heterocycles. The van der Waals surface area contributed by atoms with Crippen molar-refractivity contribution in [2.24, 2.45) is 0 Å². The Labute approximate surface area is 146 Å². The van der Waals surface area contributed by atoms with E-state index in [9.17, 15) is 4.79 Å². The molecule has 0 spiro atoms. The van der Waals surface area contributed by atoms with Crippen LogP contribution in [-0.4, -0.2) is 22.0 Å². The summed E-state index contributed by atoms with van der Waals surface area (Å²) in [6.07, 6.45) is 4.04. The predicted molar refractivity (Wildman–Crippen MR) is 94.5 cm³/mol. The first-order chi connectivity index (χ1) is 12.3. The number of fused-ring (bicyclic) bond motifs is 1. The van der Waals surface area contributed by atoms with E-state index in [1.807, 2.05) is 30.3 Å². The van der Waals surface area contributed by atoms with Crippen LogP contribution in [0, 0.1) is 0 Å². The molecule has 1 N–H and O–H groups in total. The third-order valence-electron chi connectivity index (χ3n) is 4.39. The van der Waals surface area contributed by atoms with E-state index < -0.39 is 0 Å². The molecule has 0 atom stereocenters. The van der Waals surface area contributed by atoms with Gasteiger partial charge >= 0.3 is 0 Å². The zero-order valence-electron chi connectivity index (χ0n) is 13.8. The first-order valence-electron chi connectivity index (χ1n) is 8.35. The van der Waals surface area contributed by atoms with E-state index >= 15 is 0 Å². The number of ether oxygens (including phenoxy) is 1. The first kappa shape index (κ1) is 15.6. The second-order valence-electron chi connectivity index (χ2n) is 6.09. The molecule has 0 fully saturated rings. The monoisotopic (exact) mass is 333 g/mol. The van der Waals surface area contributed by atoms with Crippen molar-refractivity contribution in [3.05, 3.63) is 83.4 Å². The van der Waals surface area contributed by atoms with Crippen LogP contribution in [0.15, 0.2) is 61.1 Å². The SMILES string of the molecule is O=C(NCCc1ccc2c(c1)COC2)c1cncn1-c1ccccc1. The number of para-hydroxylation sites is 1. The fourth-order valence-electron chi connectivity index (χ4n) is 3.05. The second-order valence-corrected chi connectivity index (χ2v) is 6.09. The van der Waals surface area contributed by atoms with E-state index in [4.69, 9.17) is 4.74 Å². The molecule has 1 aliphatic rings. The van der Waals surface area contributed by atoms with Crippen molar-refractivity contribution >= 4 is 5.91 Å². The maximum atomic E-state index is 12.5. The highest BCUT2D eigenvalue weighted by Gasteiger charge is 2.13. The van der Waals surface area contributed by atoms with Gasteiger partial charge in [-0.2, -0.15) is 0 Å². The quantitative estimate of drug-likeness (QED) is 0.781. The molecule has 25 heavy (non-hydrogen) atoms. The number of nitrogens with one attached hydrogen (secondary N) is 1. The summed E-state index contributed by atoms with van der Waals surface area (Å²) in [6.45, 7) is 1.97. The van der Waals surface area contributed by atoms with Crippen molar-refractivity contribution in [1.29, 1.82) is 0 Å². The van der Waals surface area contributed by atoms with Gasteiger partial charge in [-0.1, -0.05) is 36.4 Å². The van der Waals surface area contributed by atoms with Gasteiger partial charge in [0, 0.05) is 12.2 Å². The summed E-state index contributed by atoms with van der Waals surface area (Å²) in [5, 5.41) is 2.98. The fourth-order valence-corrected chi connectivity index (χ4v) is 3.05. The minimum absolute atomic E-state index is 0.120. The Kier molecular flexibility index (Phi) is 4.31. The molecule has 126 valence electrons. The number of hydrogen-bond acceptors (Lipinski definition) is 3. The number of carbonyl (C=O) groups is 1. The van der Waals surface area contributed by atoms with Gasteiger partial charge < -0.3 is 10.1 Å². The Hall–Kier alpha value is -2.92. The Morgan fingerprint density at radius 1 is 1.12 bits per heavy atom. The molecule has 4 rings (SSSR count). The fraction of sp³-hybridized carbons (Fsp3) is 0.200. The van der Waals surface area contributed by atoms with Crippen molar-refractivity contribution in [1.82, 2.24) is 14.9 Å². The van der Waals surface area contributed by atoms with Gasteiger partial charge in [0.25, 0.3) is 5.91 Å². The molecule has 0 saturated heterocycles. The third-order valence-corrected chi connectivity index (χ3v) is 4.39. The molecule has 0 bridgehead atoms. The molecule has 0 saturated carbocycles. The number of aromatic nitrogens is 2. The zero-order chi connectivity index (χ0) is 17.1. The molecular weight excluding hydrogens is 314 g/mol. The van der Waals surface area contributed by atoms with Gasteiger partial charge in [-0.25, -0.2) is 4.98 Å². The smallest absolute Gasteiger partial charge is 0.269 e. The van der Waals surface area contributed by atoms with Crippen molar-refractivity contribution in [2.45, 2.75) is 19.6 Å². The number of nitrogens with zero attached hydrogens (tertiary/aromatic N) is 2. The number of rotatable bonds is 5. The molecule has 2 heterocycles. The van der Waals surface area contributed by atoms with E-state index in [-0.39, 0.29) is 5.91 Å². The predicted octanol–water partition coefficient (Wildman–Crippen LogP) is 2.88. The minimum Gasteiger partial charge on any atom is -0.372 e. The molecule has 0 radical (unpaired) electrons. The summed E-state index contributed by atoms with van der Waals surface area (Å²) in [5.74, 6) is -0.120. The van der Waals surface area contributed by atoms with Gasteiger partial charge in [0.05, 0.1) is 25.7 Å². The highest BCUT2D eigenvalue weighted by Crippen LogP contribution is 2.21. The number of benzene rings is 2. The molecule has 0 aliphatic carbocycles. The number of hydrogen-bond donors (Lipinski definition) is 1. The van der Waals surface area contributed by atoms with Gasteiger partial charge in [0.2, 0.25) is 0 Å². The third kappa shape index (κ3) is 3.32. The van der Waals surface area contributed by atoms with Crippen LogP contribution < -0.4 is 5.32 Å². The van der Waals surface area contributed by atoms with Crippen molar-refractivity contribution in [3.63, 3.8) is 0 Å². The lowest BCUT2D eigenvalue weighted by atomic mass is 10.0. The van der Waals surface area contributed by atoms with E-state index in [1.165, 1.54) is 16.7 Å². The van der Waals surface area contributed by atoms with Gasteiger partial charge in [-0.3, -0.25) is 9.36 Å². The van der Waals surface area contributed by atoms with Crippen LogP contribution in [0.4, 0.5) is 0 Å². The second kappa shape index (κ2) is 6.91. The summed E-state index contributed by atoms with van der Waals surface area (Å²) >= 11 is 0. The molecule has 2 aromatic carbocycles. The summed E-state index contributed by atoms with van der Waals surface area (Å²) in [5.41, 5.74) is 5.18. The molecule has 3 aromatic rings. The van der Waals surface area contributed by atoms with Crippen LogP contribution in [-0.2, 0) is 24.4 Å². The maximum Gasteiger partial charge on any atom is 0.269 e. The lowest BCUT2D eigenvalue weighted by Gasteiger charge is -2.09. The average molecular weight is 333 g/mol. The molecule has 5 nitrogen and oxygen atoms in total. The topological polar surface area (TPSA) is 56.1 Å². The molecule has 0 unspecified atom stereocenters. The Balaban J connectivity index is 1.39. The van der Waals surface area contributed by atoms with E-state index in [0.29, 0.717) is 25.5 Å². The summed E-state index contributed by atoms with van der Waals surface area (Å²) in [7, 11) is 0. The van der Waals surface area contributed by atoms with E-state index in [1.54, 1.807) is 17.1 Å². The van der Waals surface area contributed by atoms with Crippen LogP contribution in [0.5, 0.6) is 0 Å². The van der Waals surface area contributed by atoms with Crippen LogP contribution in [0.2, 0.25) is 0 Å². The van der Waals surface area contributed by atoms with Crippen LogP contribution >= 0.6 is 0 Å². The van der Waals surface area contributed by atoms with E-state index in [2.05, 4.69) is 28.5 Å². The Morgan fingerprint density at radius 2 is 1.96 bits per heavy atom. The van der Waals surface area contributed by atoms with Gasteiger partial charge in [0.15, 0.2) is 0 Å². The van der Waals surface area contributed by atoms with Gasteiger partial charge in [-0.05, 0) is 35.2 Å². The van der Waals surface area contributed by atoms with Gasteiger partial charge in [0.1, 0.15) is 5.69 Å². The molecule has 1 amide bonds. The Bertz CT molecular complexity index is 887. The summed E-state index contributed by atoms with van der Waals surface area (Å²) in [4.78, 5) is 16.6. The normalized spacial score (nSPS) is 12.8. The van der Waals surface area contributed by atoms with E-state index in [0.717, 1.165) is 12.1 Å². The molecule has 5 heteroatoms. The lowest BCUT2D eigenvalue weighted by molar-refractivity contribution is 0.0947. The van der Waals surface area contributed by atoms with Crippen molar-refractivity contribution in [2.75, 3.05) is 6.54 Å². The number of carbonyl (C=O) groups excluding carboxylic acids is 1. The lowest BCUT2D eigenvalue weighted by Crippen LogP contribution is -2.27. The molecule has 1 aliphatic heterocycles. The maximum absolute atomic E-state index is 12.5. The van der Waals surface area contributed by atoms with Crippen LogP contribution in [0.25, 0.3) is 5.69 Å². The molecular formula is C20H19N3O2. The number of amides is 1.